The highest BCUT2D eigenvalue weighted by Gasteiger charge is 2.25. The molecule has 0 aliphatic rings. The van der Waals surface area contributed by atoms with Gasteiger partial charge in [0.05, 0.1) is 40.3 Å². The first-order chi connectivity index (χ1) is 23.6. The van der Waals surface area contributed by atoms with Gasteiger partial charge in [-0.2, -0.15) is 0 Å². The molecular formula is C41H75NO7. The number of hydrogen-bond donors (Lipinski definition) is 0. The highest BCUT2D eigenvalue weighted by atomic mass is 16.6. The maximum atomic E-state index is 12.6. The lowest BCUT2D eigenvalue weighted by atomic mass is 10.0. The molecule has 8 heteroatoms. The van der Waals surface area contributed by atoms with Gasteiger partial charge in [-0.1, -0.05) is 141 Å². The minimum atomic E-state index is -1.13. The quantitative estimate of drug-likeness (QED) is 0.0283. The molecule has 0 saturated carbocycles. The fraction of sp³-hybridized carbons (Fsp3) is 0.829. The van der Waals surface area contributed by atoms with Crippen molar-refractivity contribution < 1.29 is 38.2 Å². The van der Waals surface area contributed by atoms with Crippen LogP contribution in [0.15, 0.2) is 24.3 Å². The first kappa shape index (κ1) is 46.8. The summed E-state index contributed by atoms with van der Waals surface area (Å²) in [5.74, 6) is -1.77. The van der Waals surface area contributed by atoms with Gasteiger partial charge in [0.1, 0.15) is 12.6 Å². The third-order valence-electron chi connectivity index (χ3n) is 8.87. The Morgan fingerprint density at radius 1 is 0.612 bits per heavy atom. The molecule has 0 aliphatic heterocycles. The van der Waals surface area contributed by atoms with Gasteiger partial charge in [0.15, 0.2) is 6.10 Å². The molecule has 0 N–H and O–H groups in total. The second-order valence-corrected chi connectivity index (χ2v) is 14.6. The van der Waals surface area contributed by atoms with Crippen LogP contribution >= 0.6 is 0 Å². The highest BCUT2D eigenvalue weighted by molar-refractivity contribution is 5.70. The summed E-state index contributed by atoms with van der Waals surface area (Å²) in [5, 5.41) is 11.6. The third kappa shape index (κ3) is 31.5. The number of aliphatic carboxylic acids is 1. The number of allylic oxidation sites excluding steroid dienone is 4. The van der Waals surface area contributed by atoms with Crippen molar-refractivity contribution in [3.05, 3.63) is 24.3 Å². The largest absolute Gasteiger partial charge is 0.544 e. The zero-order chi connectivity index (χ0) is 36.4. The lowest BCUT2D eigenvalue weighted by Crippen LogP contribution is -2.55. The van der Waals surface area contributed by atoms with Crippen LogP contribution in [-0.4, -0.2) is 75.5 Å². The number of likely N-dealkylation sites (N-methyl/N-ethyl adjacent to an activating group) is 1. The van der Waals surface area contributed by atoms with E-state index in [9.17, 15) is 19.5 Å². The highest BCUT2D eigenvalue weighted by Crippen LogP contribution is 2.14. The fourth-order valence-corrected chi connectivity index (χ4v) is 5.69. The molecule has 8 nitrogen and oxygen atoms in total. The number of carboxylic acids is 1. The predicted octanol–water partition coefficient (Wildman–Crippen LogP) is 8.80. The van der Waals surface area contributed by atoms with E-state index in [0.29, 0.717) is 12.8 Å². The van der Waals surface area contributed by atoms with Crippen molar-refractivity contribution in [2.24, 2.45) is 0 Å². The summed E-state index contributed by atoms with van der Waals surface area (Å²) in [7, 11) is 5.39. The fourth-order valence-electron chi connectivity index (χ4n) is 5.69. The van der Waals surface area contributed by atoms with E-state index in [1.807, 2.05) is 0 Å². The average Bonchev–Trinajstić information content (AvgIpc) is 3.05. The second kappa shape index (κ2) is 33.0. The molecule has 286 valence electrons. The van der Waals surface area contributed by atoms with E-state index in [-0.39, 0.29) is 42.7 Å². The van der Waals surface area contributed by atoms with E-state index < -0.39 is 18.1 Å². The van der Waals surface area contributed by atoms with Crippen LogP contribution in [-0.2, 0) is 28.6 Å². The zero-order valence-electron chi connectivity index (χ0n) is 32.4. The summed E-state index contributed by atoms with van der Waals surface area (Å²) in [5.41, 5.74) is 0. The molecule has 0 aliphatic carbocycles. The van der Waals surface area contributed by atoms with E-state index in [0.717, 1.165) is 51.4 Å². The van der Waals surface area contributed by atoms with Crippen molar-refractivity contribution in [3.63, 3.8) is 0 Å². The van der Waals surface area contributed by atoms with Crippen molar-refractivity contribution in [1.82, 2.24) is 0 Å². The Morgan fingerprint density at radius 2 is 1.08 bits per heavy atom. The molecule has 0 bridgehead atoms. The maximum absolute atomic E-state index is 12.6. The molecule has 2 atom stereocenters. The van der Waals surface area contributed by atoms with Gasteiger partial charge >= 0.3 is 11.9 Å². The summed E-state index contributed by atoms with van der Waals surface area (Å²) in [4.78, 5) is 36.6. The van der Waals surface area contributed by atoms with E-state index in [1.54, 1.807) is 21.1 Å². The molecule has 0 radical (unpaired) electrons. The SMILES string of the molecule is CCCC/C=C/C=C/CCCCCC(=O)OCC(COCCC(C(=O)[O-])[N+](C)(C)C)OC(=O)CCCCCCCCCCCCCCCC. The molecule has 0 heterocycles. The number of quaternary nitrogens is 1. The monoisotopic (exact) mass is 694 g/mol. The Morgan fingerprint density at radius 3 is 1.59 bits per heavy atom. The van der Waals surface area contributed by atoms with Gasteiger partial charge in [-0.05, 0) is 32.1 Å². The number of esters is 2. The van der Waals surface area contributed by atoms with Crippen LogP contribution in [0, 0.1) is 0 Å². The van der Waals surface area contributed by atoms with Crippen LogP contribution in [0.3, 0.4) is 0 Å². The first-order valence-electron chi connectivity index (χ1n) is 19.9. The van der Waals surface area contributed by atoms with Crippen molar-refractivity contribution >= 4 is 17.9 Å². The van der Waals surface area contributed by atoms with Gasteiger partial charge in [0.2, 0.25) is 0 Å². The van der Waals surface area contributed by atoms with E-state index in [2.05, 4.69) is 38.2 Å². The standard InChI is InChI=1S/C41H75NO7/c1-6-8-10-12-14-16-18-19-20-22-24-26-28-30-32-40(44)49-37(35-47-34-33-38(41(45)46)42(3,4)5)36-48-39(43)31-29-27-25-23-21-17-15-13-11-9-7-2/h13,15,17,21,37-38H,6-12,14,16,18-20,22-36H2,1-5H3/b15-13+,21-17+. The number of ether oxygens (including phenoxy) is 3. The summed E-state index contributed by atoms with van der Waals surface area (Å²) in [6.07, 6.45) is 33.4. The minimum absolute atomic E-state index is 0.0356. The number of unbranched alkanes of at least 4 members (excludes halogenated alkanes) is 18. The van der Waals surface area contributed by atoms with Gasteiger partial charge in [-0.3, -0.25) is 9.59 Å². The summed E-state index contributed by atoms with van der Waals surface area (Å²) < 4.78 is 17.1. The normalized spacial score (nSPS) is 13.2. The van der Waals surface area contributed by atoms with E-state index in [4.69, 9.17) is 14.2 Å². The number of carboxylic acid groups (broad SMARTS) is 1. The Hall–Kier alpha value is -2.19. The van der Waals surface area contributed by atoms with E-state index in [1.165, 1.54) is 83.5 Å². The molecule has 0 aromatic carbocycles. The first-order valence-corrected chi connectivity index (χ1v) is 19.9. The third-order valence-corrected chi connectivity index (χ3v) is 8.87. The molecule has 0 aromatic heterocycles. The van der Waals surface area contributed by atoms with Gasteiger partial charge in [0, 0.05) is 19.3 Å². The molecule has 0 saturated heterocycles. The van der Waals surface area contributed by atoms with Crippen LogP contribution in [0.25, 0.3) is 0 Å². The van der Waals surface area contributed by atoms with Gasteiger partial charge in [-0.15, -0.1) is 0 Å². The van der Waals surface area contributed by atoms with Crippen LogP contribution in [0.1, 0.15) is 168 Å². The van der Waals surface area contributed by atoms with E-state index >= 15 is 0 Å². The molecular weight excluding hydrogens is 618 g/mol. The zero-order valence-corrected chi connectivity index (χ0v) is 32.4. The van der Waals surface area contributed by atoms with Crippen molar-refractivity contribution in [3.8, 4) is 0 Å². The van der Waals surface area contributed by atoms with Gasteiger partial charge in [-0.25, -0.2) is 0 Å². The minimum Gasteiger partial charge on any atom is -0.544 e. The topological polar surface area (TPSA) is 102 Å². The Kier molecular flexibility index (Phi) is 31.5. The smallest absolute Gasteiger partial charge is 0.306 e. The molecule has 0 amide bonds. The molecule has 0 spiro atoms. The van der Waals surface area contributed by atoms with Gasteiger partial charge in [0.25, 0.3) is 0 Å². The van der Waals surface area contributed by atoms with Crippen molar-refractivity contribution in [2.75, 3.05) is 41.0 Å². The summed E-state index contributed by atoms with van der Waals surface area (Å²) in [6, 6.07) is -0.725. The molecule has 0 aromatic rings. The van der Waals surface area contributed by atoms with Crippen molar-refractivity contribution in [2.45, 2.75) is 180 Å². The lowest BCUT2D eigenvalue weighted by Gasteiger charge is -2.34. The Balaban J connectivity index is 4.42. The number of nitrogens with zero attached hydrogens (tertiary/aromatic N) is 1. The predicted molar refractivity (Wildman–Crippen MR) is 199 cm³/mol. The van der Waals surface area contributed by atoms with Crippen molar-refractivity contribution in [1.29, 1.82) is 0 Å². The maximum Gasteiger partial charge on any atom is 0.306 e. The molecule has 2 unspecified atom stereocenters. The van der Waals surface area contributed by atoms with Crippen LogP contribution in [0.5, 0.6) is 0 Å². The summed E-state index contributed by atoms with van der Waals surface area (Å²) in [6.45, 7) is 4.57. The molecule has 0 fully saturated rings. The Bertz CT molecular complexity index is 864. The van der Waals surface area contributed by atoms with Gasteiger partial charge < -0.3 is 28.6 Å². The van der Waals surface area contributed by atoms with Crippen LogP contribution in [0.2, 0.25) is 0 Å². The molecule has 49 heavy (non-hydrogen) atoms. The summed E-state index contributed by atoms with van der Waals surface area (Å²) >= 11 is 0. The number of carbonyl (C=O) groups is 3. The number of hydrogen-bond acceptors (Lipinski definition) is 7. The van der Waals surface area contributed by atoms with Crippen LogP contribution in [0.4, 0.5) is 0 Å². The number of carbonyl (C=O) groups excluding carboxylic acids is 3. The Labute approximate surface area is 301 Å². The molecule has 0 rings (SSSR count). The average molecular weight is 694 g/mol. The number of rotatable bonds is 35. The van der Waals surface area contributed by atoms with Crippen LogP contribution < -0.4 is 5.11 Å². The lowest BCUT2D eigenvalue weighted by molar-refractivity contribution is -0.889. The second-order valence-electron chi connectivity index (χ2n) is 14.6.